The van der Waals surface area contributed by atoms with Gasteiger partial charge in [0.25, 0.3) is 5.91 Å². The molecule has 0 spiro atoms. The van der Waals surface area contributed by atoms with E-state index in [1.807, 2.05) is 43.7 Å². The molecule has 4 heterocycles. The molecule has 2 aliphatic heterocycles. The number of halogens is 1. The largest absolute Gasteiger partial charge is 0.394 e. The van der Waals surface area contributed by atoms with Gasteiger partial charge in [0.05, 0.1) is 0 Å². The number of piperidine rings is 2. The number of imidazole rings is 1. The number of carbonyl (C=O) groups excluding carboxylic acids is 1. The van der Waals surface area contributed by atoms with E-state index in [0.29, 0.717) is 45.4 Å². The van der Waals surface area contributed by atoms with E-state index in [0.717, 1.165) is 42.3 Å². The lowest BCUT2D eigenvalue weighted by Gasteiger charge is -2.41. The molecule has 39 heavy (non-hydrogen) atoms. The van der Waals surface area contributed by atoms with Gasteiger partial charge in [0.1, 0.15) is 11.3 Å². The number of allylic oxidation sites excluding steroid dienone is 3. The van der Waals surface area contributed by atoms with Crippen LogP contribution in [0.4, 0.5) is 4.39 Å². The number of pyridine rings is 1. The van der Waals surface area contributed by atoms with Gasteiger partial charge >= 0.3 is 0 Å². The van der Waals surface area contributed by atoms with Gasteiger partial charge in [-0.05, 0) is 56.0 Å². The van der Waals surface area contributed by atoms with Crippen LogP contribution in [0.1, 0.15) is 76.1 Å². The van der Waals surface area contributed by atoms with Crippen molar-refractivity contribution in [1.82, 2.24) is 29.7 Å². The van der Waals surface area contributed by atoms with Gasteiger partial charge in [0, 0.05) is 71.3 Å². The fourth-order valence-electron chi connectivity index (χ4n) is 6.73. The maximum atomic E-state index is 16.0. The van der Waals surface area contributed by atoms with Crippen molar-refractivity contribution in [3.8, 4) is 0 Å². The summed E-state index contributed by atoms with van der Waals surface area (Å²) in [5.74, 6) is 1.43. The zero-order valence-electron chi connectivity index (χ0n) is 23.5. The normalized spacial score (nSPS) is 22.2. The van der Waals surface area contributed by atoms with Crippen LogP contribution in [-0.2, 0) is 11.2 Å². The molecule has 5 rings (SSSR count). The second-order valence-electron chi connectivity index (χ2n) is 11.7. The van der Waals surface area contributed by atoms with E-state index < -0.39 is 5.67 Å². The van der Waals surface area contributed by atoms with Crippen molar-refractivity contribution in [2.24, 2.45) is 5.92 Å². The van der Waals surface area contributed by atoms with Crippen LogP contribution in [0.15, 0.2) is 42.8 Å². The fraction of sp³-hybridized carbons (Fsp3) is 0.645. The quantitative estimate of drug-likeness (QED) is 0.371. The Kier molecular flexibility index (Phi) is 9.32. The average Bonchev–Trinajstić information content (AvgIpc) is 3.13. The molecule has 1 aliphatic carbocycles. The van der Waals surface area contributed by atoms with Crippen molar-refractivity contribution in [2.75, 3.05) is 39.8 Å². The van der Waals surface area contributed by atoms with Gasteiger partial charge in [0.2, 0.25) is 0 Å². The van der Waals surface area contributed by atoms with Gasteiger partial charge in [0.15, 0.2) is 11.3 Å². The molecule has 3 aliphatic rings. The third-order valence-electron chi connectivity index (χ3n) is 8.97. The smallest absolute Gasteiger partial charge is 0.260 e. The lowest BCUT2D eigenvalue weighted by molar-refractivity contribution is -0.149. The Morgan fingerprint density at radius 2 is 1.82 bits per heavy atom. The Bertz CT molecular complexity index is 1140. The molecule has 2 aromatic rings. The number of rotatable bonds is 8. The summed E-state index contributed by atoms with van der Waals surface area (Å²) in [7, 11) is 1.87. The standard InChI is InChI=1S/C31H45FN6O/c1-33-18-8-4-7-13-28-35-27-12-9-19-34-29(27)38(28)26-14-20-37(21-15-26)30(39)31(32)16-22-36(23-17-31)24-25-10-5-2-3-6-11-25/h4,7-9,12,18-19,25-26,33H,2-3,5-6,10-11,13-17,20-24H2,1H3/b7-4-,18-8-. The van der Waals surface area contributed by atoms with Gasteiger partial charge in [-0.15, -0.1) is 0 Å². The SMILES string of the molecule is CN/C=C\C=C/Cc1nc2cccnc2n1C1CCN(C(=O)C2(F)CCN(CC3CCCCCC3)CC2)CC1. The Hall–Kier alpha value is -2.74. The van der Waals surface area contributed by atoms with E-state index in [2.05, 4.69) is 25.8 Å². The number of likely N-dealkylation sites (tertiary alicyclic amines) is 2. The molecule has 0 aromatic carbocycles. The number of hydrogen-bond donors (Lipinski definition) is 1. The monoisotopic (exact) mass is 536 g/mol. The average molecular weight is 537 g/mol. The molecular formula is C31H45FN6O. The second-order valence-corrected chi connectivity index (χ2v) is 11.7. The zero-order chi connectivity index (χ0) is 27.1. The maximum Gasteiger partial charge on any atom is 0.260 e. The van der Waals surface area contributed by atoms with E-state index >= 15 is 4.39 Å². The number of fused-ring (bicyclic) bond motifs is 1. The van der Waals surface area contributed by atoms with Crippen molar-refractivity contribution in [1.29, 1.82) is 0 Å². The maximum absolute atomic E-state index is 16.0. The van der Waals surface area contributed by atoms with Gasteiger partial charge in [-0.3, -0.25) is 4.79 Å². The topological polar surface area (TPSA) is 66.3 Å². The van der Waals surface area contributed by atoms with Gasteiger partial charge in [-0.2, -0.15) is 0 Å². The molecule has 2 saturated heterocycles. The minimum absolute atomic E-state index is 0.196. The number of nitrogens with zero attached hydrogens (tertiary/aromatic N) is 5. The summed E-state index contributed by atoms with van der Waals surface area (Å²) in [6.45, 7) is 3.62. The van der Waals surface area contributed by atoms with E-state index in [1.165, 1.54) is 38.5 Å². The van der Waals surface area contributed by atoms with Crippen LogP contribution < -0.4 is 5.32 Å². The third-order valence-corrected chi connectivity index (χ3v) is 8.97. The minimum Gasteiger partial charge on any atom is -0.394 e. The highest BCUT2D eigenvalue weighted by atomic mass is 19.1. The van der Waals surface area contributed by atoms with Crippen LogP contribution in [0.2, 0.25) is 0 Å². The molecular weight excluding hydrogens is 491 g/mol. The minimum atomic E-state index is -1.72. The molecule has 1 amide bonds. The number of alkyl halides is 1. The second kappa shape index (κ2) is 13.1. The number of aromatic nitrogens is 3. The number of hydrogen-bond acceptors (Lipinski definition) is 5. The molecule has 1 N–H and O–H groups in total. The van der Waals surface area contributed by atoms with Crippen LogP contribution in [0.5, 0.6) is 0 Å². The third kappa shape index (κ3) is 6.71. The number of nitrogens with one attached hydrogen (secondary N) is 1. The predicted octanol–water partition coefficient (Wildman–Crippen LogP) is 5.20. The molecule has 7 nitrogen and oxygen atoms in total. The number of amides is 1. The van der Waals surface area contributed by atoms with E-state index in [-0.39, 0.29) is 11.9 Å². The lowest BCUT2D eigenvalue weighted by Crippen LogP contribution is -2.54. The van der Waals surface area contributed by atoms with Crippen molar-refractivity contribution in [2.45, 2.75) is 82.3 Å². The van der Waals surface area contributed by atoms with Gasteiger partial charge in [-0.25, -0.2) is 14.4 Å². The summed E-state index contributed by atoms with van der Waals surface area (Å²) >= 11 is 0. The summed E-state index contributed by atoms with van der Waals surface area (Å²) in [5, 5.41) is 2.99. The van der Waals surface area contributed by atoms with Crippen LogP contribution in [0.3, 0.4) is 0 Å². The lowest BCUT2D eigenvalue weighted by atomic mass is 9.89. The van der Waals surface area contributed by atoms with Crippen molar-refractivity contribution in [3.05, 3.63) is 48.6 Å². The Morgan fingerprint density at radius 1 is 1.08 bits per heavy atom. The molecule has 1 saturated carbocycles. The van der Waals surface area contributed by atoms with Crippen molar-refractivity contribution in [3.63, 3.8) is 0 Å². The van der Waals surface area contributed by atoms with E-state index in [9.17, 15) is 4.79 Å². The first-order valence-electron chi connectivity index (χ1n) is 15.1. The Morgan fingerprint density at radius 3 is 2.54 bits per heavy atom. The Labute approximate surface area is 232 Å². The first kappa shape index (κ1) is 27.8. The highest BCUT2D eigenvalue weighted by molar-refractivity contribution is 5.85. The summed E-state index contributed by atoms with van der Waals surface area (Å²) in [5.41, 5.74) is 0.0651. The van der Waals surface area contributed by atoms with Crippen LogP contribution in [-0.4, -0.2) is 75.7 Å². The first-order valence-corrected chi connectivity index (χ1v) is 15.1. The van der Waals surface area contributed by atoms with E-state index in [4.69, 9.17) is 4.98 Å². The van der Waals surface area contributed by atoms with Gasteiger partial charge in [-0.1, -0.05) is 37.8 Å². The highest BCUT2D eigenvalue weighted by Gasteiger charge is 2.45. The van der Waals surface area contributed by atoms with E-state index in [1.54, 1.807) is 4.90 Å². The summed E-state index contributed by atoms with van der Waals surface area (Å²) in [4.78, 5) is 27.1. The molecule has 0 unspecified atom stereocenters. The number of carbonyl (C=O) groups is 1. The molecule has 0 bridgehead atoms. The highest BCUT2D eigenvalue weighted by Crippen LogP contribution is 2.34. The zero-order valence-corrected chi connectivity index (χ0v) is 23.5. The first-order chi connectivity index (χ1) is 19.1. The van der Waals surface area contributed by atoms with Gasteiger partial charge < -0.3 is 19.7 Å². The molecule has 2 aromatic heterocycles. The summed E-state index contributed by atoms with van der Waals surface area (Å²) < 4.78 is 18.2. The van der Waals surface area contributed by atoms with Crippen LogP contribution >= 0.6 is 0 Å². The Balaban J connectivity index is 1.18. The summed E-state index contributed by atoms with van der Waals surface area (Å²) in [6.07, 6.45) is 20.7. The molecule has 8 heteroatoms. The molecule has 0 atom stereocenters. The molecule has 3 fully saturated rings. The fourth-order valence-corrected chi connectivity index (χ4v) is 6.73. The van der Waals surface area contributed by atoms with Crippen molar-refractivity contribution >= 4 is 17.1 Å². The molecule has 212 valence electrons. The predicted molar refractivity (Wildman–Crippen MR) is 154 cm³/mol. The van der Waals surface area contributed by atoms with Crippen LogP contribution in [0.25, 0.3) is 11.2 Å². The molecule has 0 radical (unpaired) electrons. The van der Waals surface area contributed by atoms with Crippen molar-refractivity contribution < 1.29 is 9.18 Å². The van der Waals surface area contributed by atoms with Crippen LogP contribution in [0, 0.1) is 5.92 Å². The summed E-state index contributed by atoms with van der Waals surface area (Å²) in [6, 6.07) is 4.11.